The van der Waals surface area contributed by atoms with Gasteiger partial charge in [0.25, 0.3) is 5.78 Å². The number of halogens is 1. The molecule has 24 heavy (non-hydrogen) atoms. The highest BCUT2D eigenvalue weighted by atomic mass is 19.1. The third-order valence-corrected chi connectivity index (χ3v) is 3.51. The number of para-hydroxylation sites is 1. The second-order valence-corrected chi connectivity index (χ2v) is 5.07. The molecule has 0 amide bonds. The number of Topliss-reactive ketones (excluding diaryl/α,β-unsaturated/α-hetero) is 1. The first kappa shape index (κ1) is 14.1. The SMILES string of the molecule is O=C(On1nnc2ccccc21)C(=O)c1cc2ccc(F)cc2[nH]1. The van der Waals surface area contributed by atoms with E-state index in [0.717, 1.165) is 4.85 Å². The van der Waals surface area contributed by atoms with E-state index in [4.69, 9.17) is 4.84 Å². The van der Waals surface area contributed by atoms with Crippen molar-refractivity contribution >= 4 is 33.7 Å². The zero-order valence-corrected chi connectivity index (χ0v) is 12.1. The smallest absolute Gasteiger partial charge is 0.352 e. The number of carbonyl (C=O) groups excluding carboxylic acids is 2. The standard InChI is InChI=1S/C16H9FN4O3/c17-10-6-5-9-7-13(18-12(9)8-10)15(22)16(23)24-21-14-4-2-1-3-11(14)19-20-21/h1-8,18H. The monoisotopic (exact) mass is 324 g/mol. The minimum absolute atomic E-state index is 0.00465. The summed E-state index contributed by atoms with van der Waals surface area (Å²) >= 11 is 0. The zero-order chi connectivity index (χ0) is 16.7. The number of hydrogen-bond acceptors (Lipinski definition) is 5. The van der Waals surface area contributed by atoms with Crippen LogP contribution in [0, 0.1) is 5.82 Å². The number of rotatable bonds is 3. The Hall–Kier alpha value is -3.55. The van der Waals surface area contributed by atoms with Gasteiger partial charge in [0.05, 0.1) is 5.69 Å². The molecule has 0 saturated carbocycles. The van der Waals surface area contributed by atoms with Crippen LogP contribution in [0.4, 0.5) is 4.39 Å². The molecule has 0 saturated heterocycles. The van der Waals surface area contributed by atoms with E-state index in [1.807, 2.05) is 0 Å². The number of nitrogens with one attached hydrogen (secondary N) is 1. The Bertz CT molecular complexity index is 1100. The number of nitrogens with zero attached hydrogens (tertiary/aromatic N) is 3. The summed E-state index contributed by atoms with van der Waals surface area (Å²) in [5.74, 6) is -2.47. The number of fused-ring (bicyclic) bond motifs is 2. The lowest BCUT2D eigenvalue weighted by Gasteiger charge is -2.01. The van der Waals surface area contributed by atoms with Crippen molar-refractivity contribution in [2.75, 3.05) is 0 Å². The van der Waals surface area contributed by atoms with Crippen LogP contribution in [-0.4, -0.2) is 31.9 Å². The van der Waals surface area contributed by atoms with E-state index < -0.39 is 17.6 Å². The minimum Gasteiger partial charge on any atom is -0.352 e. The van der Waals surface area contributed by atoms with Crippen molar-refractivity contribution < 1.29 is 18.8 Å². The van der Waals surface area contributed by atoms with Crippen LogP contribution in [0.3, 0.4) is 0 Å². The Labute approximate surface area is 133 Å². The molecule has 2 aromatic heterocycles. The fourth-order valence-corrected chi connectivity index (χ4v) is 2.37. The Morgan fingerprint density at radius 1 is 1.12 bits per heavy atom. The van der Waals surface area contributed by atoms with Crippen LogP contribution >= 0.6 is 0 Å². The molecule has 118 valence electrons. The molecular weight excluding hydrogens is 315 g/mol. The molecule has 0 fully saturated rings. The van der Waals surface area contributed by atoms with Crippen LogP contribution in [0.15, 0.2) is 48.5 Å². The molecule has 0 bridgehead atoms. The largest absolute Gasteiger partial charge is 0.407 e. The average Bonchev–Trinajstić information content (AvgIpc) is 3.18. The number of carbonyl (C=O) groups is 2. The molecule has 0 aliphatic heterocycles. The van der Waals surface area contributed by atoms with Gasteiger partial charge in [-0.3, -0.25) is 4.79 Å². The van der Waals surface area contributed by atoms with Crippen molar-refractivity contribution in [1.82, 2.24) is 20.1 Å². The number of aromatic amines is 1. The summed E-state index contributed by atoms with van der Waals surface area (Å²) in [5, 5.41) is 8.11. The third kappa shape index (κ3) is 2.30. The van der Waals surface area contributed by atoms with Crippen LogP contribution in [0.5, 0.6) is 0 Å². The number of aromatic nitrogens is 4. The Kier molecular flexibility index (Phi) is 3.09. The molecule has 2 heterocycles. The fraction of sp³-hybridized carbons (Fsp3) is 0. The van der Waals surface area contributed by atoms with Crippen molar-refractivity contribution in [1.29, 1.82) is 0 Å². The molecule has 0 aliphatic carbocycles. The van der Waals surface area contributed by atoms with Crippen LogP contribution in [-0.2, 0) is 4.79 Å². The molecule has 1 N–H and O–H groups in total. The summed E-state index contributed by atoms with van der Waals surface area (Å²) in [4.78, 5) is 32.8. The van der Waals surface area contributed by atoms with Crippen molar-refractivity contribution in [2.24, 2.45) is 0 Å². The molecule has 4 aromatic rings. The van der Waals surface area contributed by atoms with Gasteiger partial charge in [0, 0.05) is 10.9 Å². The van der Waals surface area contributed by atoms with E-state index in [2.05, 4.69) is 15.3 Å². The highest BCUT2D eigenvalue weighted by Gasteiger charge is 2.22. The van der Waals surface area contributed by atoms with Crippen LogP contribution in [0.2, 0.25) is 0 Å². The van der Waals surface area contributed by atoms with Gasteiger partial charge in [-0.15, -0.1) is 5.10 Å². The van der Waals surface area contributed by atoms with E-state index >= 15 is 0 Å². The summed E-state index contributed by atoms with van der Waals surface area (Å²) in [6, 6.07) is 12.3. The average molecular weight is 324 g/mol. The third-order valence-electron chi connectivity index (χ3n) is 3.51. The lowest BCUT2D eigenvalue weighted by Crippen LogP contribution is -2.28. The maximum absolute atomic E-state index is 13.2. The highest BCUT2D eigenvalue weighted by Crippen LogP contribution is 2.17. The summed E-state index contributed by atoms with van der Waals surface area (Å²) in [5.41, 5.74) is 1.40. The summed E-state index contributed by atoms with van der Waals surface area (Å²) < 4.78 is 13.2. The van der Waals surface area contributed by atoms with E-state index in [0.29, 0.717) is 21.9 Å². The summed E-state index contributed by atoms with van der Waals surface area (Å²) in [6.07, 6.45) is 0. The van der Waals surface area contributed by atoms with E-state index in [1.54, 1.807) is 24.3 Å². The van der Waals surface area contributed by atoms with Crippen molar-refractivity contribution in [3.8, 4) is 0 Å². The normalized spacial score (nSPS) is 11.0. The highest BCUT2D eigenvalue weighted by molar-refractivity contribution is 6.40. The molecule has 0 spiro atoms. The molecule has 0 atom stereocenters. The fourth-order valence-electron chi connectivity index (χ4n) is 2.37. The van der Waals surface area contributed by atoms with Gasteiger partial charge in [-0.2, -0.15) is 0 Å². The summed E-state index contributed by atoms with van der Waals surface area (Å²) in [6.45, 7) is 0. The van der Waals surface area contributed by atoms with Gasteiger partial charge in [0.2, 0.25) is 0 Å². The molecule has 0 aliphatic rings. The predicted octanol–water partition coefficient (Wildman–Crippen LogP) is 1.89. The second kappa shape index (κ2) is 5.27. The van der Waals surface area contributed by atoms with Gasteiger partial charge in [-0.05, 0) is 41.6 Å². The van der Waals surface area contributed by atoms with Gasteiger partial charge in [0.15, 0.2) is 0 Å². The Morgan fingerprint density at radius 2 is 1.96 bits per heavy atom. The number of benzene rings is 2. The predicted molar refractivity (Wildman–Crippen MR) is 81.7 cm³/mol. The van der Waals surface area contributed by atoms with Crippen LogP contribution in [0.25, 0.3) is 21.9 Å². The van der Waals surface area contributed by atoms with Gasteiger partial charge in [0.1, 0.15) is 16.9 Å². The van der Waals surface area contributed by atoms with Crippen LogP contribution in [0.1, 0.15) is 10.5 Å². The molecular formula is C16H9FN4O3. The lowest BCUT2D eigenvalue weighted by molar-refractivity contribution is -0.139. The van der Waals surface area contributed by atoms with Crippen LogP contribution < -0.4 is 4.84 Å². The number of hydrogen-bond donors (Lipinski definition) is 1. The van der Waals surface area contributed by atoms with Gasteiger partial charge < -0.3 is 9.82 Å². The lowest BCUT2D eigenvalue weighted by atomic mass is 10.2. The first-order valence-electron chi connectivity index (χ1n) is 6.97. The van der Waals surface area contributed by atoms with Gasteiger partial charge >= 0.3 is 5.97 Å². The Morgan fingerprint density at radius 3 is 2.83 bits per heavy atom. The molecule has 7 nitrogen and oxygen atoms in total. The minimum atomic E-state index is -1.13. The van der Waals surface area contributed by atoms with E-state index in [9.17, 15) is 14.0 Å². The molecule has 0 radical (unpaired) electrons. The first-order chi connectivity index (χ1) is 11.6. The topological polar surface area (TPSA) is 89.9 Å². The van der Waals surface area contributed by atoms with Gasteiger partial charge in [-0.1, -0.05) is 17.0 Å². The maximum Gasteiger partial charge on any atom is 0.407 e. The molecule has 4 rings (SSSR count). The maximum atomic E-state index is 13.2. The van der Waals surface area contributed by atoms with Crippen molar-refractivity contribution in [3.63, 3.8) is 0 Å². The molecule has 2 aromatic carbocycles. The number of ketones is 1. The summed E-state index contributed by atoms with van der Waals surface area (Å²) in [7, 11) is 0. The van der Waals surface area contributed by atoms with Crippen molar-refractivity contribution in [3.05, 3.63) is 60.0 Å². The number of H-pyrrole nitrogens is 1. The zero-order valence-electron chi connectivity index (χ0n) is 12.1. The Balaban J connectivity index is 1.62. The molecule has 8 heteroatoms. The quantitative estimate of drug-likeness (QED) is 0.353. The second-order valence-electron chi connectivity index (χ2n) is 5.07. The molecule has 0 unspecified atom stereocenters. The van der Waals surface area contributed by atoms with E-state index in [1.165, 1.54) is 24.3 Å². The van der Waals surface area contributed by atoms with Crippen molar-refractivity contribution in [2.45, 2.75) is 0 Å². The van der Waals surface area contributed by atoms with E-state index in [-0.39, 0.29) is 5.69 Å². The van der Waals surface area contributed by atoms with Gasteiger partial charge in [-0.25, -0.2) is 9.18 Å². The first-order valence-corrected chi connectivity index (χ1v) is 6.97.